The van der Waals surface area contributed by atoms with Gasteiger partial charge < -0.3 is 15.0 Å². The van der Waals surface area contributed by atoms with E-state index in [2.05, 4.69) is 11.9 Å². The van der Waals surface area contributed by atoms with Crippen molar-refractivity contribution in [3.63, 3.8) is 0 Å². The molecule has 4 heteroatoms. The molecule has 0 spiro atoms. The summed E-state index contributed by atoms with van der Waals surface area (Å²) >= 11 is 0. The van der Waals surface area contributed by atoms with Crippen LogP contribution in [0.1, 0.15) is 23.7 Å². The van der Waals surface area contributed by atoms with Crippen molar-refractivity contribution < 1.29 is 9.90 Å². The van der Waals surface area contributed by atoms with Gasteiger partial charge in [0.15, 0.2) is 0 Å². The van der Waals surface area contributed by atoms with E-state index in [-0.39, 0.29) is 18.6 Å². The summed E-state index contributed by atoms with van der Waals surface area (Å²) < 4.78 is 0. The highest BCUT2D eigenvalue weighted by atomic mass is 16.3. The van der Waals surface area contributed by atoms with Crippen LogP contribution in [0.15, 0.2) is 30.5 Å². The van der Waals surface area contributed by atoms with Crippen LogP contribution in [-0.2, 0) is 0 Å². The highest BCUT2D eigenvalue weighted by Gasteiger charge is 2.34. The topological polar surface area (TPSA) is 56.3 Å². The van der Waals surface area contributed by atoms with Crippen LogP contribution in [0.4, 0.5) is 0 Å². The van der Waals surface area contributed by atoms with Gasteiger partial charge in [0.1, 0.15) is 0 Å². The number of aromatic nitrogens is 1. The third kappa shape index (κ3) is 2.02. The third-order valence-electron chi connectivity index (χ3n) is 4.13. The van der Waals surface area contributed by atoms with Gasteiger partial charge in [-0.1, -0.05) is 6.92 Å². The minimum absolute atomic E-state index is 0.0199. The van der Waals surface area contributed by atoms with Crippen molar-refractivity contribution in [2.24, 2.45) is 5.92 Å². The lowest BCUT2D eigenvalue weighted by Crippen LogP contribution is -2.39. The molecule has 4 nitrogen and oxygen atoms in total. The number of fused-ring (bicyclic) bond motifs is 1. The summed E-state index contributed by atoms with van der Waals surface area (Å²) in [4.78, 5) is 17.5. The molecule has 1 amide bonds. The first-order chi connectivity index (χ1) is 9.20. The predicted molar refractivity (Wildman–Crippen MR) is 74.0 cm³/mol. The van der Waals surface area contributed by atoms with Crippen LogP contribution in [0.5, 0.6) is 0 Å². The van der Waals surface area contributed by atoms with E-state index in [0.29, 0.717) is 11.5 Å². The highest BCUT2D eigenvalue weighted by Crippen LogP contribution is 2.26. The van der Waals surface area contributed by atoms with Gasteiger partial charge in [-0.2, -0.15) is 0 Å². The van der Waals surface area contributed by atoms with Crippen molar-refractivity contribution in [1.29, 1.82) is 0 Å². The molecule has 100 valence electrons. The Morgan fingerprint density at radius 1 is 1.47 bits per heavy atom. The Bertz CT molecular complexity index is 605. The van der Waals surface area contributed by atoms with Crippen LogP contribution in [0.3, 0.4) is 0 Å². The largest absolute Gasteiger partial charge is 0.394 e. The number of amides is 1. The quantitative estimate of drug-likeness (QED) is 0.865. The standard InChI is InChI=1S/C15H18N2O2/c1-10-5-7-17(14(10)9-18)15(19)12-2-3-13-11(8-12)4-6-16-13/h2-4,6,8,10,14,16,18H,5,7,9H2,1H3. The minimum atomic E-state index is -0.0468. The predicted octanol–water partition coefficient (Wildman–Crippen LogP) is 2.01. The lowest BCUT2D eigenvalue weighted by atomic mass is 10.0. The van der Waals surface area contributed by atoms with Gasteiger partial charge >= 0.3 is 0 Å². The Morgan fingerprint density at radius 3 is 3.11 bits per heavy atom. The second-order valence-electron chi connectivity index (χ2n) is 5.29. The van der Waals surface area contributed by atoms with Crippen LogP contribution in [-0.4, -0.2) is 40.1 Å². The third-order valence-corrected chi connectivity index (χ3v) is 4.13. The van der Waals surface area contributed by atoms with E-state index in [0.717, 1.165) is 23.9 Å². The van der Waals surface area contributed by atoms with Gasteiger partial charge in [-0.3, -0.25) is 4.79 Å². The molecule has 19 heavy (non-hydrogen) atoms. The monoisotopic (exact) mass is 258 g/mol. The summed E-state index contributed by atoms with van der Waals surface area (Å²) in [6.07, 6.45) is 2.83. The summed E-state index contributed by atoms with van der Waals surface area (Å²) in [5.74, 6) is 0.386. The van der Waals surface area contributed by atoms with Gasteiger partial charge in [-0.15, -0.1) is 0 Å². The maximum Gasteiger partial charge on any atom is 0.254 e. The van der Waals surface area contributed by atoms with E-state index < -0.39 is 0 Å². The second kappa shape index (κ2) is 4.70. The average molecular weight is 258 g/mol. The maximum absolute atomic E-state index is 12.5. The second-order valence-corrected chi connectivity index (χ2v) is 5.29. The lowest BCUT2D eigenvalue weighted by molar-refractivity contribution is 0.0648. The van der Waals surface area contributed by atoms with E-state index >= 15 is 0 Å². The summed E-state index contributed by atoms with van der Waals surface area (Å²) in [6.45, 7) is 2.86. The SMILES string of the molecule is CC1CCN(C(=O)c2ccc3[nH]ccc3c2)C1CO. The van der Waals surface area contributed by atoms with Crippen molar-refractivity contribution in [2.45, 2.75) is 19.4 Å². The maximum atomic E-state index is 12.5. The number of aliphatic hydroxyl groups is 1. The van der Waals surface area contributed by atoms with E-state index in [1.54, 1.807) is 4.90 Å². The van der Waals surface area contributed by atoms with Gasteiger partial charge in [0.05, 0.1) is 12.6 Å². The Labute approximate surface area is 112 Å². The normalized spacial score (nSPS) is 23.2. The Balaban J connectivity index is 1.90. The number of nitrogens with one attached hydrogen (secondary N) is 1. The summed E-state index contributed by atoms with van der Waals surface area (Å²) in [5.41, 5.74) is 1.73. The molecule has 2 aromatic rings. The van der Waals surface area contributed by atoms with Gasteiger partial charge in [-0.05, 0) is 36.6 Å². The number of hydrogen-bond acceptors (Lipinski definition) is 2. The number of likely N-dealkylation sites (tertiary alicyclic amines) is 1. The molecular weight excluding hydrogens is 240 g/mol. The molecule has 0 saturated carbocycles. The van der Waals surface area contributed by atoms with Crippen LogP contribution < -0.4 is 0 Å². The van der Waals surface area contributed by atoms with Crippen LogP contribution in [0, 0.1) is 5.92 Å². The lowest BCUT2D eigenvalue weighted by Gasteiger charge is -2.25. The minimum Gasteiger partial charge on any atom is -0.394 e. The van der Waals surface area contributed by atoms with Gasteiger partial charge in [0, 0.05) is 29.2 Å². The zero-order valence-electron chi connectivity index (χ0n) is 11.0. The molecule has 2 unspecified atom stereocenters. The van der Waals surface area contributed by atoms with Crippen molar-refractivity contribution in [3.05, 3.63) is 36.0 Å². The molecule has 1 aromatic heterocycles. The number of carbonyl (C=O) groups excluding carboxylic acids is 1. The Hall–Kier alpha value is -1.81. The Kier molecular flexibility index (Phi) is 3.03. The number of carbonyl (C=O) groups is 1. The summed E-state index contributed by atoms with van der Waals surface area (Å²) in [7, 11) is 0. The zero-order chi connectivity index (χ0) is 13.4. The van der Waals surface area contributed by atoms with Crippen molar-refractivity contribution in [2.75, 3.05) is 13.2 Å². The average Bonchev–Trinajstić information content (AvgIpc) is 3.02. The van der Waals surface area contributed by atoms with Crippen LogP contribution >= 0.6 is 0 Å². The van der Waals surface area contributed by atoms with Gasteiger partial charge in [0.25, 0.3) is 5.91 Å². The number of aliphatic hydroxyl groups excluding tert-OH is 1. The molecule has 1 aromatic carbocycles. The van der Waals surface area contributed by atoms with Gasteiger partial charge in [0.2, 0.25) is 0 Å². The van der Waals surface area contributed by atoms with E-state index in [4.69, 9.17) is 0 Å². The molecular formula is C15H18N2O2. The molecule has 1 aliphatic heterocycles. The van der Waals surface area contributed by atoms with Crippen LogP contribution in [0.25, 0.3) is 10.9 Å². The van der Waals surface area contributed by atoms with Gasteiger partial charge in [-0.25, -0.2) is 0 Å². The Morgan fingerprint density at radius 2 is 2.32 bits per heavy atom. The molecule has 2 N–H and O–H groups in total. The fourth-order valence-electron chi connectivity index (χ4n) is 2.89. The van der Waals surface area contributed by atoms with Crippen molar-refractivity contribution >= 4 is 16.8 Å². The number of aromatic amines is 1. The molecule has 1 fully saturated rings. The van der Waals surface area contributed by atoms with Crippen LogP contribution in [0.2, 0.25) is 0 Å². The van der Waals surface area contributed by atoms with E-state index in [1.807, 2.05) is 30.5 Å². The molecule has 0 aliphatic carbocycles. The first-order valence-corrected chi connectivity index (χ1v) is 6.69. The molecule has 1 saturated heterocycles. The molecule has 2 heterocycles. The first-order valence-electron chi connectivity index (χ1n) is 6.69. The molecule has 2 atom stereocenters. The van der Waals surface area contributed by atoms with E-state index in [9.17, 15) is 9.90 Å². The van der Waals surface area contributed by atoms with E-state index in [1.165, 1.54) is 0 Å². The van der Waals surface area contributed by atoms with Crippen molar-refractivity contribution in [1.82, 2.24) is 9.88 Å². The molecule has 0 bridgehead atoms. The fraction of sp³-hybridized carbons (Fsp3) is 0.400. The highest BCUT2D eigenvalue weighted by molar-refractivity contribution is 5.98. The number of rotatable bonds is 2. The number of nitrogens with zero attached hydrogens (tertiary/aromatic N) is 1. The van der Waals surface area contributed by atoms with Crippen molar-refractivity contribution in [3.8, 4) is 0 Å². The first kappa shape index (κ1) is 12.2. The number of hydrogen-bond donors (Lipinski definition) is 2. The zero-order valence-corrected chi connectivity index (χ0v) is 11.0. The summed E-state index contributed by atoms with van der Waals surface area (Å²) in [6, 6.07) is 7.59. The fourth-order valence-corrected chi connectivity index (χ4v) is 2.89. The molecule has 1 aliphatic rings. The smallest absolute Gasteiger partial charge is 0.254 e. The molecule has 3 rings (SSSR count). The number of H-pyrrole nitrogens is 1. The summed E-state index contributed by atoms with van der Waals surface area (Å²) in [5, 5.41) is 10.5. The molecule has 0 radical (unpaired) electrons. The number of benzene rings is 1.